The first kappa shape index (κ1) is 14.7. The molecule has 2 rings (SSSR count). The lowest BCUT2D eigenvalue weighted by Gasteiger charge is -2.15. The molecule has 0 aliphatic carbocycles. The minimum atomic E-state index is -3.58. The first-order valence-electron chi connectivity index (χ1n) is 5.82. The van der Waals surface area contributed by atoms with Crippen LogP contribution in [-0.4, -0.2) is 24.8 Å². The monoisotopic (exact) mass is 307 g/mol. The predicted octanol–water partition coefficient (Wildman–Crippen LogP) is 2.14. The molecule has 5 nitrogen and oxygen atoms in total. The second kappa shape index (κ2) is 5.71. The fourth-order valence-corrected chi connectivity index (χ4v) is 4.13. The van der Waals surface area contributed by atoms with Crippen LogP contribution in [0.5, 0.6) is 0 Å². The van der Waals surface area contributed by atoms with Crippen LogP contribution in [0.2, 0.25) is 0 Å². The number of hydrogen-bond acceptors (Lipinski definition) is 5. The zero-order valence-electron chi connectivity index (χ0n) is 11.1. The minimum absolute atomic E-state index is 0.171. The molecule has 0 N–H and O–H groups in total. The van der Waals surface area contributed by atoms with Crippen molar-refractivity contribution >= 4 is 21.4 Å². The highest BCUT2D eigenvalue weighted by atomic mass is 32.2. The maximum Gasteiger partial charge on any atom is 0.252 e. The van der Waals surface area contributed by atoms with Crippen molar-refractivity contribution in [3.05, 3.63) is 46.6 Å². The van der Waals surface area contributed by atoms with E-state index in [0.717, 1.165) is 17.0 Å². The summed E-state index contributed by atoms with van der Waals surface area (Å²) in [6.45, 7) is 2.06. The van der Waals surface area contributed by atoms with Gasteiger partial charge in [-0.15, -0.1) is 11.3 Å². The third-order valence-corrected chi connectivity index (χ3v) is 5.95. The Hall–Kier alpha value is -1.75. The number of rotatable bonds is 4. The van der Waals surface area contributed by atoms with Crippen LogP contribution in [-0.2, 0) is 16.6 Å². The van der Waals surface area contributed by atoms with Crippen LogP contribution in [0.25, 0.3) is 0 Å². The Kier molecular flexibility index (Phi) is 4.18. The second-order valence-corrected chi connectivity index (χ2v) is 7.62. The van der Waals surface area contributed by atoms with Gasteiger partial charge in [0, 0.05) is 12.7 Å². The summed E-state index contributed by atoms with van der Waals surface area (Å²) < 4.78 is 26.1. The van der Waals surface area contributed by atoms with Crippen LogP contribution >= 0.6 is 11.3 Å². The average Bonchev–Trinajstić information content (AvgIpc) is 2.88. The van der Waals surface area contributed by atoms with Gasteiger partial charge in [0.25, 0.3) is 10.0 Å². The molecule has 0 aromatic carbocycles. The molecule has 0 atom stereocenters. The van der Waals surface area contributed by atoms with E-state index in [1.165, 1.54) is 23.5 Å². The Balaban J connectivity index is 2.23. The van der Waals surface area contributed by atoms with Gasteiger partial charge in [0.15, 0.2) is 0 Å². The topological polar surface area (TPSA) is 74.1 Å². The lowest BCUT2D eigenvalue weighted by atomic mass is 10.3. The molecule has 20 heavy (non-hydrogen) atoms. The van der Waals surface area contributed by atoms with Gasteiger partial charge in [-0.1, -0.05) is 6.07 Å². The Morgan fingerprint density at radius 1 is 1.35 bits per heavy atom. The molecule has 0 radical (unpaired) electrons. The molecular formula is C13H13N3O2S2. The number of hydrogen-bond donors (Lipinski definition) is 0. The van der Waals surface area contributed by atoms with E-state index in [9.17, 15) is 8.42 Å². The summed E-state index contributed by atoms with van der Waals surface area (Å²) in [6, 6.07) is 10.4. The van der Waals surface area contributed by atoms with E-state index in [1.54, 1.807) is 6.07 Å². The van der Waals surface area contributed by atoms with Crippen LogP contribution < -0.4 is 0 Å². The van der Waals surface area contributed by atoms with E-state index in [1.807, 2.05) is 25.1 Å². The molecule has 0 saturated heterocycles. The van der Waals surface area contributed by atoms with Gasteiger partial charge < -0.3 is 0 Å². The molecule has 2 heterocycles. The van der Waals surface area contributed by atoms with Crippen LogP contribution in [0.4, 0.5) is 0 Å². The molecule has 0 spiro atoms. The van der Waals surface area contributed by atoms with E-state index in [2.05, 4.69) is 4.98 Å². The van der Waals surface area contributed by atoms with Crippen molar-refractivity contribution in [2.24, 2.45) is 0 Å². The SMILES string of the molecule is Cc1cccc(CN(C)S(=O)(=O)c2ccc(C#N)s2)n1. The number of nitriles is 1. The number of aryl methyl sites for hydroxylation is 1. The maximum absolute atomic E-state index is 12.3. The fourth-order valence-electron chi connectivity index (χ4n) is 1.67. The first-order valence-corrected chi connectivity index (χ1v) is 8.08. The van der Waals surface area contributed by atoms with Crippen LogP contribution in [0, 0.1) is 18.3 Å². The third-order valence-electron chi connectivity index (χ3n) is 2.69. The zero-order valence-corrected chi connectivity index (χ0v) is 12.7. The van der Waals surface area contributed by atoms with Gasteiger partial charge in [-0.3, -0.25) is 4.98 Å². The first-order chi connectivity index (χ1) is 9.43. The van der Waals surface area contributed by atoms with Gasteiger partial charge >= 0.3 is 0 Å². The number of sulfonamides is 1. The third kappa shape index (κ3) is 3.04. The molecule has 2 aromatic heterocycles. The molecule has 2 aromatic rings. The number of pyridine rings is 1. The van der Waals surface area contributed by atoms with Gasteiger partial charge in [0.1, 0.15) is 15.2 Å². The Morgan fingerprint density at radius 3 is 2.70 bits per heavy atom. The normalized spacial score (nSPS) is 11.5. The molecule has 0 saturated carbocycles. The highest BCUT2D eigenvalue weighted by Crippen LogP contribution is 2.24. The zero-order chi connectivity index (χ0) is 14.8. The fraction of sp³-hybridized carbons (Fsp3) is 0.231. The highest BCUT2D eigenvalue weighted by molar-refractivity contribution is 7.91. The highest BCUT2D eigenvalue weighted by Gasteiger charge is 2.23. The van der Waals surface area contributed by atoms with E-state index in [-0.39, 0.29) is 10.8 Å². The van der Waals surface area contributed by atoms with Crippen LogP contribution in [0.15, 0.2) is 34.5 Å². The lowest BCUT2D eigenvalue weighted by molar-refractivity contribution is 0.463. The smallest absolute Gasteiger partial charge is 0.252 e. The Morgan fingerprint density at radius 2 is 2.10 bits per heavy atom. The summed E-state index contributed by atoms with van der Waals surface area (Å²) >= 11 is 0.971. The molecule has 0 amide bonds. The largest absolute Gasteiger partial charge is 0.257 e. The van der Waals surface area contributed by atoms with E-state index in [0.29, 0.717) is 10.6 Å². The van der Waals surface area contributed by atoms with Crippen molar-refractivity contribution < 1.29 is 8.42 Å². The van der Waals surface area contributed by atoms with Crippen molar-refractivity contribution in [3.63, 3.8) is 0 Å². The maximum atomic E-state index is 12.3. The summed E-state index contributed by atoms with van der Waals surface area (Å²) in [4.78, 5) is 4.67. The predicted molar refractivity (Wildman–Crippen MR) is 76.7 cm³/mol. The number of thiophene rings is 1. The van der Waals surface area contributed by atoms with Gasteiger partial charge in [0.05, 0.1) is 12.2 Å². The van der Waals surface area contributed by atoms with Crippen LogP contribution in [0.3, 0.4) is 0 Å². The van der Waals surface area contributed by atoms with Crippen molar-refractivity contribution in [1.82, 2.24) is 9.29 Å². The molecule has 0 fully saturated rings. The summed E-state index contributed by atoms with van der Waals surface area (Å²) in [7, 11) is -2.07. The summed E-state index contributed by atoms with van der Waals surface area (Å²) in [6.07, 6.45) is 0. The molecule has 0 aliphatic heterocycles. The van der Waals surface area contributed by atoms with Crippen molar-refractivity contribution in [2.75, 3.05) is 7.05 Å². The molecule has 7 heteroatoms. The summed E-state index contributed by atoms with van der Waals surface area (Å²) in [5, 5.41) is 8.76. The van der Waals surface area contributed by atoms with Crippen molar-refractivity contribution in [2.45, 2.75) is 17.7 Å². The van der Waals surface area contributed by atoms with Crippen LogP contribution in [0.1, 0.15) is 16.3 Å². The molecule has 0 unspecified atom stereocenters. The van der Waals surface area contributed by atoms with Crippen molar-refractivity contribution in [3.8, 4) is 6.07 Å². The van der Waals surface area contributed by atoms with Gasteiger partial charge in [0.2, 0.25) is 0 Å². The molecule has 104 valence electrons. The lowest BCUT2D eigenvalue weighted by Crippen LogP contribution is -2.26. The van der Waals surface area contributed by atoms with Gasteiger partial charge in [-0.2, -0.15) is 9.57 Å². The molecule has 0 bridgehead atoms. The van der Waals surface area contributed by atoms with E-state index >= 15 is 0 Å². The summed E-state index contributed by atoms with van der Waals surface area (Å²) in [5.41, 5.74) is 1.53. The van der Waals surface area contributed by atoms with Gasteiger partial charge in [-0.05, 0) is 31.2 Å². The number of aromatic nitrogens is 1. The Labute approximate surface area is 122 Å². The van der Waals surface area contributed by atoms with E-state index in [4.69, 9.17) is 5.26 Å². The standard InChI is InChI=1S/C13H13N3O2S2/c1-10-4-3-5-11(15-10)9-16(2)20(17,18)13-7-6-12(8-14)19-13/h3-7H,9H2,1-2H3. The molecule has 0 aliphatic rings. The second-order valence-electron chi connectivity index (χ2n) is 4.26. The molecular weight excluding hydrogens is 294 g/mol. The Bertz CT molecular complexity index is 760. The van der Waals surface area contributed by atoms with Crippen molar-refractivity contribution in [1.29, 1.82) is 5.26 Å². The quantitative estimate of drug-likeness (QED) is 0.867. The average molecular weight is 307 g/mol. The van der Waals surface area contributed by atoms with E-state index < -0.39 is 10.0 Å². The minimum Gasteiger partial charge on any atom is -0.257 e. The van der Waals surface area contributed by atoms with Gasteiger partial charge in [-0.25, -0.2) is 8.42 Å². The summed E-state index contributed by atoms with van der Waals surface area (Å²) in [5.74, 6) is 0. The number of nitrogens with zero attached hydrogens (tertiary/aromatic N) is 3.